The highest BCUT2D eigenvalue weighted by molar-refractivity contribution is 8.00. The molecule has 4 aromatic rings. The summed E-state index contributed by atoms with van der Waals surface area (Å²) >= 11 is 1.40. The van der Waals surface area contributed by atoms with E-state index >= 15 is 0 Å². The van der Waals surface area contributed by atoms with Crippen LogP contribution in [0.2, 0.25) is 0 Å². The summed E-state index contributed by atoms with van der Waals surface area (Å²) in [6, 6.07) is 17.2. The summed E-state index contributed by atoms with van der Waals surface area (Å²) in [5.41, 5.74) is 2.56. The molecule has 0 unspecified atom stereocenters. The molecule has 2 aromatic carbocycles. The topological polar surface area (TPSA) is 69.9 Å². The third-order valence-corrected chi connectivity index (χ3v) is 5.33. The summed E-state index contributed by atoms with van der Waals surface area (Å²) in [7, 11) is 1.60. The molecular formula is C21H18N4O2S. The van der Waals surface area contributed by atoms with E-state index in [0.29, 0.717) is 17.9 Å². The van der Waals surface area contributed by atoms with E-state index in [-0.39, 0.29) is 5.78 Å². The van der Waals surface area contributed by atoms with Crippen LogP contribution < -0.4 is 4.74 Å². The smallest absolute Gasteiger partial charge is 0.173 e. The zero-order valence-corrected chi connectivity index (χ0v) is 16.1. The van der Waals surface area contributed by atoms with Crippen LogP contribution in [0.1, 0.15) is 15.9 Å². The molecule has 2 aromatic heterocycles. The van der Waals surface area contributed by atoms with Crippen molar-refractivity contribution in [1.29, 1.82) is 0 Å². The fourth-order valence-electron chi connectivity index (χ4n) is 2.85. The largest absolute Gasteiger partial charge is 0.497 e. The number of carbonyl (C=O) groups excluding carboxylic acids is 1. The van der Waals surface area contributed by atoms with E-state index in [4.69, 9.17) is 4.74 Å². The van der Waals surface area contributed by atoms with Crippen LogP contribution in [0.4, 0.5) is 0 Å². The molecule has 0 saturated heterocycles. The average molecular weight is 390 g/mol. The maximum absolute atomic E-state index is 12.5. The Balaban J connectivity index is 1.50. The van der Waals surface area contributed by atoms with Crippen molar-refractivity contribution in [3.05, 3.63) is 78.2 Å². The van der Waals surface area contributed by atoms with Crippen molar-refractivity contribution >= 4 is 28.6 Å². The molecule has 0 saturated carbocycles. The fourth-order valence-corrected chi connectivity index (χ4v) is 3.71. The number of ether oxygens (including phenoxy) is 1. The van der Waals surface area contributed by atoms with Crippen molar-refractivity contribution in [2.24, 2.45) is 0 Å². The molecule has 0 amide bonds. The lowest BCUT2D eigenvalue weighted by molar-refractivity contribution is 0.102. The van der Waals surface area contributed by atoms with E-state index in [0.717, 1.165) is 27.4 Å². The highest BCUT2D eigenvalue weighted by Gasteiger charge is 2.13. The van der Waals surface area contributed by atoms with Crippen LogP contribution in [-0.4, -0.2) is 38.4 Å². The molecule has 0 bridgehead atoms. The Labute approximate surface area is 166 Å². The van der Waals surface area contributed by atoms with E-state index in [1.54, 1.807) is 37.6 Å². The second-order valence-corrected chi connectivity index (χ2v) is 7.11. The monoisotopic (exact) mass is 390 g/mol. The van der Waals surface area contributed by atoms with Gasteiger partial charge in [0.05, 0.1) is 31.0 Å². The number of fused-ring (bicyclic) bond motifs is 1. The Morgan fingerprint density at radius 2 is 1.86 bits per heavy atom. The number of hydrogen-bond donors (Lipinski definition) is 0. The van der Waals surface area contributed by atoms with Gasteiger partial charge in [-0.05, 0) is 29.8 Å². The molecule has 0 atom stereocenters. The van der Waals surface area contributed by atoms with E-state index in [2.05, 4.69) is 27.2 Å². The van der Waals surface area contributed by atoms with Gasteiger partial charge in [0.15, 0.2) is 11.4 Å². The Morgan fingerprint density at radius 3 is 2.61 bits per heavy atom. The van der Waals surface area contributed by atoms with Gasteiger partial charge < -0.3 is 4.74 Å². The van der Waals surface area contributed by atoms with Crippen molar-refractivity contribution in [3.63, 3.8) is 0 Å². The SMILES string of the molecule is COc1ccc(C(=O)CSc2ncnc3c2cnn3Cc2ccccc2)cc1. The highest BCUT2D eigenvalue weighted by atomic mass is 32.2. The first-order valence-corrected chi connectivity index (χ1v) is 9.73. The van der Waals surface area contributed by atoms with Gasteiger partial charge in [-0.25, -0.2) is 14.6 Å². The molecule has 0 spiro atoms. The molecule has 0 aliphatic carbocycles. The number of carbonyl (C=O) groups is 1. The van der Waals surface area contributed by atoms with Gasteiger partial charge in [0.2, 0.25) is 0 Å². The van der Waals surface area contributed by atoms with Crippen molar-refractivity contribution < 1.29 is 9.53 Å². The third kappa shape index (κ3) is 3.89. The summed E-state index contributed by atoms with van der Waals surface area (Å²) in [5.74, 6) is 1.06. The molecule has 140 valence electrons. The molecule has 7 heteroatoms. The summed E-state index contributed by atoms with van der Waals surface area (Å²) < 4.78 is 6.98. The van der Waals surface area contributed by atoms with Crippen LogP contribution in [0.5, 0.6) is 5.75 Å². The van der Waals surface area contributed by atoms with Crippen molar-refractivity contribution in [2.75, 3.05) is 12.9 Å². The van der Waals surface area contributed by atoms with Gasteiger partial charge in [0, 0.05) is 5.56 Å². The number of aromatic nitrogens is 4. The van der Waals surface area contributed by atoms with Crippen LogP contribution >= 0.6 is 11.8 Å². The quantitative estimate of drug-likeness (QED) is 0.271. The summed E-state index contributed by atoms with van der Waals surface area (Å²) in [5, 5.41) is 6.07. The lowest BCUT2D eigenvalue weighted by Crippen LogP contribution is -2.04. The number of ketones is 1. The first kappa shape index (κ1) is 18.2. The third-order valence-electron chi connectivity index (χ3n) is 4.32. The number of Topliss-reactive ketones (excluding diaryl/α,β-unsaturated/α-hetero) is 1. The first-order valence-electron chi connectivity index (χ1n) is 8.75. The molecule has 0 radical (unpaired) electrons. The van der Waals surface area contributed by atoms with Crippen molar-refractivity contribution in [1.82, 2.24) is 19.7 Å². The molecular weight excluding hydrogens is 372 g/mol. The fraction of sp³-hybridized carbons (Fsp3) is 0.143. The Bertz CT molecular complexity index is 1090. The second kappa shape index (κ2) is 8.22. The number of nitrogens with zero attached hydrogens (tertiary/aromatic N) is 4. The first-order chi connectivity index (χ1) is 13.7. The summed E-state index contributed by atoms with van der Waals surface area (Å²) in [6.07, 6.45) is 3.28. The predicted octanol–water partition coefficient (Wildman–Crippen LogP) is 3.86. The van der Waals surface area contributed by atoms with Gasteiger partial charge in [-0.1, -0.05) is 42.1 Å². The lowest BCUT2D eigenvalue weighted by Gasteiger charge is -2.05. The Morgan fingerprint density at radius 1 is 1.07 bits per heavy atom. The zero-order valence-electron chi connectivity index (χ0n) is 15.3. The Kier molecular flexibility index (Phi) is 5.34. The maximum Gasteiger partial charge on any atom is 0.173 e. The van der Waals surface area contributed by atoms with Crippen LogP contribution in [0, 0.1) is 0 Å². The van der Waals surface area contributed by atoms with Gasteiger partial charge in [0.25, 0.3) is 0 Å². The number of rotatable bonds is 7. The zero-order chi connectivity index (χ0) is 19.3. The van der Waals surface area contributed by atoms with Gasteiger partial charge in [0.1, 0.15) is 17.1 Å². The molecule has 0 aliphatic heterocycles. The molecule has 28 heavy (non-hydrogen) atoms. The standard InChI is InChI=1S/C21H18N4O2S/c1-27-17-9-7-16(8-10-17)19(26)13-28-21-18-11-24-25(20(18)22-14-23-21)12-15-5-3-2-4-6-15/h2-11,14H,12-13H2,1H3. The van der Waals surface area contributed by atoms with Crippen LogP contribution in [0.3, 0.4) is 0 Å². The minimum atomic E-state index is 0.0380. The van der Waals surface area contributed by atoms with E-state index in [9.17, 15) is 4.79 Å². The van der Waals surface area contributed by atoms with Gasteiger partial charge >= 0.3 is 0 Å². The average Bonchev–Trinajstić information content (AvgIpc) is 3.16. The van der Waals surface area contributed by atoms with E-state index in [1.807, 2.05) is 22.9 Å². The molecule has 0 fully saturated rings. The van der Waals surface area contributed by atoms with Crippen LogP contribution in [0.15, 0.2) is 72.1 Å². The number of methoxy groups -OCH3 is 1. The molecule has 2 heterocycles. The number of hydrogen-bond acceptors (Lipinski definition) is 6. The minimum Gasteiger partial charge on any atom is -0.497 e. The van der Waals surface area contributed by atoms with E-state index in [1.165, 1.54) is 18.1 Å². The summed E-state index contributed by atoms with van der Waals surface area (Å²) in [4.78, 5) is 21.2. The van der Waals surface area contributed by atoms with Crippen LogP contribution in [-0.2, 0) is 6.54 Å². The molecule has 0 aliphatic rings. The second-order valence-electron chi connectivity index (χ2n) is 6.14. The van der Waals surface area contributed by atoms with Gasteiger partial charge in [-0.2, -0.15) is 5.10 Å². The molecule has 6 nitrogen and oxygen atoms in total. The van der Waals surface area contributed by atoms with Gasteiger partial charge in [-0.3, -0.25) is 4.79 Å². The maximum atomic E-state index is 12.5. The molecule has 0 N–H and O–H groups in total. The number of thioether (sulfide) groups is 1. The summed E-state index contributed by atoms with van der Waals surface area (Å²) in [6.45, 7) is 0.635. The normalized spacial score (nSPS) is 10.9. The van der Waals surface area contributed by atoms with Crippen molar-refractivity contribution in [3.8, 4) is 5.75 Å². The molecule has 4 rings (SSSR count). The van der Waals surface area contributed by atoms with E-state index < -0.39 is 0 Å². The minimum absolute atomic E-state index is 0.0380. The lowest BCUT2D eigenvalue weighted by atomic mass is 10.1. The predicted molar refractivity (Wildman–Crippen MR) is 109 cm³/mol. The van der Waals surface area contributed by atoms with Gasteiger partial charge in [-0.15, -0.1) is 0 Å². The number of benzene rings is 2. The van der Waals surface area contributed by atoms with Crippen molar-refractivity contribution in [2.45, 2.75) is 11.6 Å². The highest BCUT2D eigenvalue weighted by Crippen LogP contribution is 2.25. The Hall–Kier alpha value is -3.19. The van der Waals surface area contributed by atoms with Crippen LogP contribution in [0.25, 0.3) is 11.0 Å².